The lowest BCUT2D eigenvalue weighted by Crippen LogP contribution is -2.37. The summed E-state index contributed by atoms with van der Waals surface area (Å²) in [6.07, 6.45) is 3.54. The minimum Gasteiger partial charge on any atom is -0.486 e. The molecular weight excluding hydrogens is 294 g/mol. The molecule has 1 aromatic carbocycles. The van der Waals surface area contributed by atoms with E-state index < -0.39 is 0 Å². The lowest BCUT2D eigenvalue weighted by Gasteiger charge is -2.19. The van der Waals surface area contributed by atoms with E-state index in [1.165, 1.54) is 0 Å². The molecule has 1 aliphatic rings. The fourth-order valence-electron chi connectivity index (χ4n) is 2.44. The molecule has 1 aromatic heterocycles. The summed E-state index contributed by atoms with van der Waals surface area (Å²) < 4.78 is 11.1. The highest BCUT2D eigenvalue weighted by Crippen LogP contribution is 2.35. The molecule has 2 heterocycles. The fraction of sp³-hybridized carbons (Fsp3) is 0.353. The highest BCUT2D eigenvalue weighted by Gasteiger charge is 2.17. The first-order valence-corrected chi connectivity index (χ1v) is 7.71. The molecule has 23 heavy (non-hydrogen) atoms. The number of amides is 1. The van der Waals surface area contributed by atoms with Crippen LogP contribution in [0.3, 0.4) is 0 Å². The molecule has 6 nitrogen and oxygen atoms in total. The second-order valence-corrected chi connectivity index (χ2v) is 5.54. The normalized spacial score (nSPS) is 14.3. The van der Waals surface area contributed by atoms with Gasteiger partial charge >= 0.3 is 0 Å². The number of rotatable bonds is 5. The molecule has 0 aliphatic carbocycles. The van der Waals surface area contributed by atoms with E-state index in [1.807, 2.05) is 38.4 Å². The van der Waals surface area contributed by atoms with Crippen molar-refractivity contribution in [3.8, 4) is 22.6 Å². The van der Waals surface area contributed by atoms with Gasteiger partial charge in [-0.1, -0.05) is 6.07 Å². The van der Waals surface area contributed by atoms with Crippen LogP contribution in [-0.2, 0) is 0 Å². The molecule has 1 amide bonds. The van der Waals surface area contributed by atoms with Crippen molar-refractivity contribution in [2.45, 2.75) is 13.0 Å². The Labute approximate surface area is 135 Å². The molecule has 0 radical (unpaired) electrons. The molecular formula is C17H21N3O3. The Kier molecular flexibility index (Phi) is 4.52. The molecule has 1 unspecified atom stereocenters. The lowest BCUT2D eigenvalue weighted by molar-refractivity contribution is 0.0951. The number of H-pyrrole nitrogens is 1. The molecule has 0 spiro atoms. The predicted molar refractivity (Wildman–Crippen MR) is 88.1 cm³/mol. The Morgan fingerprint density at radius 2 is 2.04 bits per heavy atom. The predicted octanol–water partition coefficient (Wildman–Crippen LogP) is 1.79. The van der Waals surface area contributed by atoms with Crippen LogP contribution in [0, 0.1) is 0 Å². The van der Waals surface area contributed by atoms with Crippen molar-refractivity contribution >= 4 is 5.91 Å². The summed E-state index contributed by atoms with van der Waals surface area (Å²) in [5, 5.41) is 6.02. The number of ether oxygens (including phenoxy) is 2. The Morgan fingerprint density at radius 3 is 2.83 bits per heavy atom. The zero-order chi connectivity index (χ0) is 16.2. The van der Waals surface area contributed by atoms with Gasteiger partial charge in [0.1, 0.15) is 13.2 Å². The van der Waals surface area contributed by atoms with Gasteiger partial charge in [0.15, 0.2) is 11.5 Å². The topological polar surface area (TPSA) is 75.4 Å². The van der Waals surface area contributed by atoms with E-state index in [9.17, 15) is 4.79 Å². The highest BCUT2D eigenvalue weighted by atomic mass is 16.6. The number of fused-ring (bicyclic) bond motifs is 1. The van der Waals surface area contributed by atoms with Gasteiger partial charge < -0.3 is 25.1 Å². The zero-order valence-electron chi connectivity index (χ0n) is 13.3. The van der Waals surface area contributed by atoms with Gasteiger partial charge in [-0.15, -0.1) is 0 Å². The number of hydrogen-bond acceptors (Lipinski definition) is 4. The van der Waals surface area contributed by atoms with Crippen LogP contribution < -0.4 is 20.1 Å². The van der Waals surface area contributed by atoms with E-state index in [0.717, 1.165) is 16.9 Å². The first-order chi connectivity index (χ1) is 11.2. The molecule has 122 valence electrons. The van der Waals surface area contributed by atoms with Gasteiger partial charge in [-0.25, -0.2) is 0 Å². The Bertz CT molecular complexity index is 696. The van der Waals surface area contributed by atoms with Gasteiger partial charge in [0.05, 0.1) is 5.56 Å². The van der Waals surface area contributed by atoms with Crippen LogP contribution >= 0.6 is 0 Å². The van der Waals surface area contributed by atoms with E-state index >= 15 is 0 Å². The third kappa shape index (κ3) is 3.32. The van der Waals surface area contributed by atoms with Crippen LogP contribution in [0.5, 0.6) is 11.5 Å². The second-order valence-electron chi connectivity index (χ2n) is 5.54. The van der Waals surface area contributed by atoms with Crippen LogP contribution in [-0.4, -0.2) is 43.7 Å². The molecule has 1 atom stereocenters. The highest BCUT2D eigenvalue weighted by molar-refractivity contribution is 6.00. The number of carbonyl (C=O) groups excluding carboxylic acids is 1. The number of aromatic nitrogens is 1. The quantitative estimate of drug-likeness (QED) is 0.786. The molecule has 2 aromatic rings. The number of nitrogens with one attached hydrogen (secondary N) is 3. The van der Waals surface area contributed by atoms with E-state index in [2.05, 4.69) is 15.6 Å². The van der Waals surface area contributed by atoms with Gasteiger partial charge in [-0.2, -0.15) is 0 Å². The van der Waals surface area contributed by atoms with Crippen molar-refractivity contribution in [1.29, 1.82) is 0 Å². The maximum absolute atomic E-state index is 12.4. The minimum atomic E-state index is -0.0989. The summed E-state index contributed by atoms with van der Waals surface area (Å²) in [6.45, 7) is 3.69. The van der Waals surface area contributed by atoms with Crippen LogP contribution in [0.4, 0.5) is 0 Å². The van der Waals surface area contributed by atoms with E-state index in [1.54, 1.807) is 6.20 Å². The Hall–Kier alpha value is -2.47. The first kappa shape index (κ1) is 15.4. The average molecular weight is 315 g/mol. The summed E-state index contributed by atoms with van der Waals surface area (Å²) in [5.41, 5.74) is 2.38. The molecule has 0 saturated heterocycles. The number of aromatic amines is 1. The summed E-state index contributed by atoms with van der Waals surface area (Å²) in [7, 11) is 1.87. The van der Waals surface area contributed by atoms with Crippen LogP contribution in [0.25, 0.3) is 11.1 Å². The SMILES string of the molecule is CNC(C)CNC(=O)c1c[nH]cc1-c1ccc2c(c1)OCCO2. The largest absolute Gasteiger partial charge is 0.486 e. The summed E-state index contributed by atoms with van der Waals surface area (Å²) in [6, 6.07) is 5.94. The summed E-state index contributed by atoms with van der Waals surface area (Å²) in [5.74, 6) is 1.35. The van der Waals surface area contributed by atoms with Crippen LogP contribution in [0.2, 0.25) is 0 Å². The summed E-state index contributed by atoms with van der Waals surface area (Å²) >= 11 is 0. The Balaban J connectivity index is 1.82. The van der Waals surface area contributed by atoms with Gasteiger partial charge in [-0.3, -0.25) is 4.79 Å². The molecule has 1 aliphatic heterocycles. The first-order valence-electron chi connectivity index (χ1n) is 7.71. The monoisotopic (exact) mass is 315 g/mol. The van der Waals surface area contributed by atoms with Gasteiger partial charge in [0.25, 0.3) is 5.91 Å². The van der Waals surface area contributed by atoms with Crippen molar-refractivity contribution in [3.05, 3.63) is 36.2 Å². The molecule has 3 rings (SSSR count). The van der Waals surface area contributed by atoms with E-state index in [-0.39, 0.29) is 11.9 Å². The number of benzene rings is 1. The third-order valence-electron chi connectivity index (χ3n) is 3.90. The molecule has 0 fully saturated rings. The van der Waals surface area contributed by atoms with Gasteiger partial charge in [0, 0.05) is 30.5 Å². The van der Waals surface area contributed by atoms with Crippen molar-refractivity contribution in [3.63, 3.8) is 0 Å². The maximum atomic E-state index is 12.4. The number of likely N-dealkylation sites (N-methyl/N-ethyl adjacent to an activating group) is 1. The molecule has 3 N–H and O–H groups in total. The van der Waals surface area contributed by atoms with E-state index in [4.69, 9.17) is 9.47 Å². The van der Waals surface area contributed by atoms with Gasteiger partial charge in [0.2, 0.25) is 0 Å². The van der Waals surface area contributed by atoms with E-state index in [0.29, 0.717) is 31.1 Å². The van der Waals surface area contributed by atoms with Crippen molar-refractivity contribution in [2.75, 3.05) is 26.8 Å². The Morgan fingerprint density at radius 1 is 1.26 bits per heavy atom. The van der Waals surface area contributed by atoms with Crippen molar-refractivity contribution in [1.82, 2.24) is 15.6 Å². The van der Waals surface area contributed by atoms with Gasteiger partial charge in [-0.05, 0) is 31.7 Å². The number of carbonyl (C=O) groups is 1. The molecule has 0 saturated carbocycles. The summed E-state index contributed by atoms with van der Waals surface area (Å²) in [4.78, 5) is 15.4. The van der Waals surface area contributed by atoms with Crippen LogP contribution in [0.1, 0.15) is 17.3 Å². The van der Waals surface area contributed by atoms with Crippen LogP contribution in [0.15, 0.2) is 30.6 Å². The average Bonchev–Trinajstić information content (AvgIpc) is 3.08. The number of hydrogen-bond donors (Lipinski definition) is 3. The molecule has 0 bridgehead atoms. The third-order valence-corrected chi connectivity index (χ3v) is 3.90. The second kappa shape index (κ2) is 6.75. The van der Waals surface area contributed by atoms with Crippen molar-refractivity contribution in [2.24, 2.45) is 0 Å². The standard InChI is InChI=1S/C17H21N3O3/c1-11(18-2)8-20-17(21)14-10-19-9-13(14)12-3-4-15-16(7-12)23-6-5-22-15/h3-4,7,9-11,18-19H,5-6,8H2,1-2H3,(H,20,21). The zero-order valence-corrected chi connectivity index (χ0v) is 13.3. The molecule has 6 heteroatoms. The fourth-order valence-corrected chi connectivity index (χ4v) is 2.44. The van der Waals surface area contributed by atoms with Crippen molar-refractivity contribution < 1.29 is 14.3 Å². The smallest absolute Gasteiger partial charge is 0.253 e. The lowest BCUT2D eigenvalue weighted by atomic mass is 10.0. The minimum absolute atomic E-state index is 0.0989. The maximum Gasteiger partial charge on any atom is 0.253 e.